The molecule has 8 heavy (non-hydrogen) atoms. The van der Waals surface area contributed by atoms with Crippen molar-refractivity contribution in [2.75, 3.05) is 13.2 Å². The van der Waals surface area contributed by atoms with Crippen LogP contribution in [0.25, 0.3) is 0 Å². The maximum absolute atomic E-state index is 5.22. The second-order valence-corrected chi connectivity index (χ2v) is 1.69. The van der Waals surface area contributed by atoms with E-state index in [0.717, 1.165) is 13.0 Å². The average molecular weight is 135 g/mol. The summed E-state index contributed by atoms with van der Waals surface area (Å²) in [6.45, 7) is 3.53. The van der Waals surface area contributed by atoms with Gasteiger partial charge in [0.1, 0.15) is 0 Å². The topological polar surface area (TPSA) is 9.23 Å². The number of hydrogen-bond acceptors (Lipinski definition) is 1. The lowest BCUT2D eigenvalue weighted by Gasteiger charge is -1.93. The zero-order valence-corrected chi connectivity index (χ0v) is 5.82. The van der Waals surface area contributed by atoms with E-state index in [1.54, 1.807) is 6.08 Å². The van der Waals surface area contributed by atoms with Gasteiger partial charge in [-0.2, -0.15) is 0 Å². The van der Waals surface area contributed by atoms with E-state index >= 15 is 0 Å². The van der Waals surface area contributed by atoms with Crippen LogP contribution in [0.15, 0.2) is 11.6 Å². The SMILES string of the molecule is CCCOC/C=C/Cl. The van der Waals surface area contributed by atoms with E-state index in [0.29, 0.717) is 6.61 Å². The van der Waals surface area contributed by atoms with Crippen LogP contribution in [0, 0.1) is 0 Å². The van der Waals surface area contributed by atoms with Crippen LogP contribution >= 0.6 is 11.6 Å². The van der Waals surface area contributed by atoms with Gasteiger partial charge >= 0.3 is 0 Å². The molecule has 48 valence electrons. The molecule has 2 heteroatoms. The molecule has 0 heterocycles. The van der Waals surface area contributed by atoms with Crippen molar-refractivity contribution in [3.63, 3.8) is 0 Å². The summed E-state index contributed by atoms with van der Waals surface area (Å²) < 4.78 is 5.05. The molecule has 0 bridgehead atoms. The van der Waals surface area contributed by atoms with E-state index in [9.17, 15) is 0 Å². The lowest BCUT2D eigenvalue weighted by atomic mass is 10.5. The number of ether oxygens (including phenoxy) is 1. The fraction of sp³-hybridized carbons (Fsp3) is 0.667. The molecule has 1 nitrogen and oxygen atoms in total. The molecular weight excluding hydrogens is 124 g/mol. The van der Waals surface area contributed by atoms with Crippen LogP contribution in [0.2, 0.25) is 0 Å². The first-order valence-corrected chi connectivity index (χ1v) is 3.18. The Morgan fingerprint density at radius 3 is 2.88 bits per heavy atom. The van der Waals surface area contributed by atoms with Crippen molar-refractivity contribution in [2.45, 2.75) is 13.3 Å². The van der Waals surface area contributed by atoms with Crippen molar-refractivity contribution in [1.82, 2.24) is 0 Å². The molecule has 0 N–H and O–H groups in total. The summed E-state index contributed by atoms with van der Waals surface area (Å²) in [6, 6.07) is 0. The Morgan fingerprint density at radius 1 is 1.62 bits per heavy atom. The average Bonchev–Trinajstić information content (AvgIpc) is 1.81. The third-order valence-electron chi connectivity index (χ3n) is 0.652. The third-order valence-corrected chi connectivity index (χ3v) is 0.830. The number of rotatable bonds is 4. The molecule has 0 saturated heterocycles. The van der Waals surface area contributed by atoms with Crippen molar-refractivity contribution in [3.8, 4) is 0 Å². The highest BCUT2D eigenvalue weighted by molar-refractivity contribution is 6.25. The molecule has 0 spiro atoms. The molecule has 0 rings (SSSR count). The quantitative estimate of drug-likeness (QED) is 0.536. The molecule has 0 aliphatic carbocycles. The van der Waals surface area contributed by atoms with Gasteiger partial charge in [-0.1, -0.05) is 18.5 Å². The molecule has 0 aliphatic rings. The van der Waals surface area contributed by atoms with E-state index in [2.05, 4.69) is 6.92 Å². The minimum atomic E-state index is 0.636. The van der Waals surface area contributed by atoms with Gasteiger partial charge < -0.3 is 4.74 Å². The summed E-state index contributed by atoms with van der Waals surface area (Å²) >= 11 is 5.22. The normalized spacial score (nSPS) is 10.8. The Morgan fingerprint density at radius 2 is 2.38 bits per heavy atom. The third kappa shape index (κ3) is 5.99. The molecule has 0 amide bonds. The summed E-state index contributed by atoms with van der Waals surface area (Å²) in [5, 5.41) is 0. The van der Waals surface area contributed by atoms with Crippen molar-refractivity contribution in [2.24, 2.45) is 0 Å². The molecule has 0 aromatic rings. The molecule has 0 unspecified atom stereocenters. The van der Waals surface area contributed by atoms with Crippen molar-refractivity contribution < 1.29 is 4.74 Å². The van der Waals surface area contributed by atoms with Crippen LogP contribution in [0.4, 0.5) is 0 Å². The predicted octanol–water partition coefficient (Wildman–Crippen LogP) is 2.17. The Hall–Kier alpha value is -0.0100. The number of hydrogen-bond donors (Lipinski definition) is 0. The van der Waals surface area contributed by atoms with Crippen LogP contribution < -0.4 is 0 Å². The van der Waals surface area contributed by atoms with Gasteiger partial charge in [-0.3, -0.25) is 0 Å². The highest BCUT2D eigenvalue weighted by Gasteiger charge is 1.76. The lowest BCUT2D eigenvalue weighted by molar-refractivity contribution is 0.163. The van der Waals surface area contributed by atoms with Gasteiger partial charge in [0.2, 0.25) is 0 Å². The molecule has 0 aliphatic heterocycles. The highest BCUT2D eigenvalue weighted by atomic mass is 35.5. The maximum atomic E-state index is 5.22. The molecule has 0 fully saturated rings. The largest absolute Gasteiger partial charge is 0.377 e. The van der Waals surface area contributed by atoms with Crippen LogP contribution in [-0.2, 0) is 4.74 Å². The molecule has 0 atom stereocenters. The molecule has 0 aromatic carbocycles. The second kappa shape index (κ2) is 6.99. The highest BCUT2D eigenvalue weighted by Crippen LogP contribution is 1.82. The summed E-state index contributed by atoms with van der Waals surface area (Å²) in [5.41, 5.74) is 1.47. The Bertz CT molecular complexity index is 61.5. The fourth-order valence-electron chi connectivity index (χ4n) is 0.332. The van der Waals surface area contributed by atoms with Gasteiger partial charge in [0.25, 0.3) is 0 Å². The van der Waals surface area contributed by atoms with E-state index in [1.165, 1.54) is 5.54 Å². The molecule has 0 radical (unpaired) electrons. The predicted molar refractivity (Wildman–Crippen MR) is 36.1 cm³/mol. The van der Waals surface area contributed by atoms with Gasteiger partial charge in [0.05, 0.1) is 6.61 Å². The van der Waals surface area contributed by atoms with Gasteiger partial charge in [0, 0.05) is 12.1 Å². The van der Waals surface area contributed by atoms with Gasteiger partial charge in [-0.05, 0) is 12.5 Å². The summed E-state index contributed by atoms with van der Waals surface area (Å²) in [7, 11) is 0. The Kier molecular flexibility index (Phi) is 6.98. The van der Waals surface area contributed by atoms with Crippen LogP contribution in [0.5, 0.6) is 0 Å². The van der Waals surface area contributed by atoms with E-state index in [1.807, 2.05) is 0 Å². The van der Waals surface area contributed by atoms with Gasteiger partial charge in [-0.25, -0.2) is 0 Å². The first-order chi connectivity index (χ1) is 3.91. The van der Waals surface area contributed by atoms with Crippen molar-refractivity contribution in [3.05, 3.63) is 11.6 Å². The van der Waals surface area contributed by atoms with Gasteiger partial charge in [0.15, 0.2) is 0 Å². The molecule has 0 aromatic heterocycles. The molecular formula is C6H11ClO. The first kappa shape index (κ1) is 7.99. The fourth-order valence-corrected chi connectivity index (χ4v) is 0.405. The van der Waals surface area contributed by atoms with E-state index < -0.39 is 0 Å². The van der Waals surface area contributed by atoms with Crippen molar-refractivity contribution in [1.29, 1.82) is 0 Å². The monoisotopic (exact) mass is 134 g/mol. The second-order valence-electron chi connectivity index (χ2n) is 1.44. The standard InChI is InChI=1S/C6H11ClO/c1-2-5-8-6-3-4-7/h3-4H,2,5-6H2,1H3/b4-3+. The Labute approximate surface area is 55.3 Å². The molecule has 0 saturated carbocycles. The van der Waals surface area contributed by atoms with E-state index in [-0.39, 0.29) is 0 Å². The first-order valence-electron chi connectivity index (χ1n) is 2.74. The summed E-state index contributed by atoms with van der Waals surface area (Å²) in [6.07, 6.45) is 2.84. The van der Waals surface area contributed by atoms with Crippen molar-refractivity contribution >= 4 is 11.6 Å². The smallest absolute Gasteiger partial charge is 0.0658 e. The van der Waals surface area contributed by atoms with E-state index in [4.69, 9.17) is 16.3 Å². The van der Waals surface area contributed by atoms with Crippen LogP contribution in [0.3, 0.4) is 0 Å². The van der Waals surface area contributed by atoms with Crippen LogP contribution in [-0.4, -0.2) is 13.2 Å². The minimum Gasteiger partial charge on any atom is -0.377 e. The minimum absolute atomic E-state index is 0.636. The van der Waals surface area contributed by atoms with Gasteiger partial charge in [-0.15, -0.1) is 0 Å². The summed E-state index contributed by atoms with van der Waals surface area (Å²) in [4.78, 5) is 0. The Balaban J connectivity index is 2.72. The zero-order valence-electron chi connectivity index (χ0n) is 5.06. The van der Waals surface area contributed by atoms with Crippen LogP contribution in [0.1, 0.15) is 13.3 Å². The zero-order chi connectivity index (χ0) is 6.24. The summed E-state index contributed by atoms with van der Waals surface area (Å²) in [5.74, 6) is 0. The maximum Gasteiger partial charge on any atom is 0.0658 e. The lowest BCUT2D eigenvalue weighted by Crippen LogP contribution is -1.90. The number of halogens is 1.